The summed E-state index contributed by atoms with van der Waals surface area (Å²) < 4.78 is 0. The van der Waals surface area contributed by atoms with Crippen molar-refractivity contribution in [2.45, 2.75) is 13.8 Å². The van der Waals surface area contributed by atoms with Gasteiger partial charge in [0.05, 0.1) is 11.3 Å². The lowest BCUT2D eigenvalue weighted by Gasteiger charge is -2.16. The first kappa shape index (κ1) is 19.0. The molecular weight excluding hydrogens is 384 g/mol. The standard InChI is InChI=1S/C24H19ClN2O2/c1-15-5-3-7-19(13-15)26-22-21(17-9-11-18(25)12-10-17)23(28)27(24(22)29)20-8-4-6-16(2)14-20/h3-14,26H,1-2H3. The van der Waals surface area contributed by atoms with Crippen LogP contribution in [0.4, 0.5) is 11.4 Å². The third-order valence-corrected chi connectivity index (χ3v) is 5.02. The Labute approximate surface area is 174 Å². The SMILES string of the molecule is Cc1cccc(NC2=C(c3ccc(Cl)cc3)C(=O)N(c3cccc(C)c3)C2=O)c1. The van der Waals surface area contributed by atoms with E-state index >= 15 is 0 Å². The molecular formula is C24H19ClN2O2. The molecule has 144 valence electrons. The third kappa shape index (κ3) is 3.67. The first-order valence-electron chi connectivity index (χ1n) is 9.23. The molecule has 1 heterocycles. The van der Waals surface area contributed by atoms with E-state index in [0.29, 0.717) is 21.8 Å². The van der Waals surface area contributed by atoms with Crippen LogP contribution >= 0.6 is 11.6 Å². The molecule has 0 spiro atoms. The van der Waals surface area contributed by atoms with Crippen molar-refractivity contribution < 1.29 is 9.59 Å². The minimum absolute atomic E-state index is 0.254. The molecule has 4 rings (SSSR count). The Bertz CT molecular complexity index is 1150. The van der Waals surface area contributed by atoms with Gasteiger partial charge in [-0.1, -0.05) is 48.0 Å². The predicted molar refractivity (Wildman–Crippen MR) is 117 cm³/mol. The summed E-state index contributed by atoms with van der Waals surface area (Å²) in [4.78, 5) is 27.9. The maximum atomic E-state index is 13.4. The molecule has 2 amide bonds. The second kappa shape index (κ2) is 7.57. The van der Waals surface area contributed by atoms with Crippen LogP contribution in [0.15, 0.2) is 78.5 Å². The van der Waals surface area contributed by atoms with E-state index in [0.717, 1.165) is 16.8 Å². The Morgan fingerprint density at radius 2 is 1.45 bits per heavy atom. The van der Waals surface area contributed by atoms with Gasteiger partial charge in [0.25, 0.3) is 11.8 Å². The molecule has 0 bridgehead atoms. The number of nitrogens with zero attached hydrogens (tertiary/aromatic N) is 1. The Morgan fingerprint density at radius 1 is 0.793 bits per heavy atom. The second-order valence-electron chi connectivity index (χ2n) is 7.04. The Hall–Kier alpha value is -3.37. The zero-order chi connectivity index (χ0) is 20.5. The zero-order valence-electron chi connectivity index (χ0n) is 16.1. The first-order valence-corrected chi connectivity index (χ1v) is 9.61. The molecule has 0 saturated heterocycles. The molecule has 0 saturated carbocycles. The average molecular weight is 403 g/mol. The van der Waals surface area contributed by atoms with Crippen LogP contribution in [0.2, 0.25) is 5.02 Å². The van der Waals surface area contributed by atoms with Crippen LogP contribution in [0.1, 0.15) is 16.7 Å². The molecule has 5 heteroatoms. The molecule has 4 nitrogen and oxygen atoms in total. The van der Waals surface area contributed by atoms with Crippen molar-refractivity contribution in [3.63, 3.8) is 0 Å². The fourth-order valence-corrected chi connectivity index (χ4v) is 3.52. The summed E-state index contributed by atoms with van der Waals surface area (Å²) >= 11 is 6.01. The van der Waals surface area contributed by atoms with Gasteiger partial charge in [-0.15, -0.1) is 0 Å². The highest BCUT2D eigenvalue weighted by Crippen LogP contribution is 2.34. The minimum atomic E-state index is -0.382. The lowest BCUT2D eigenvalue weighted by atomic mass is 10.0. The molecule has 3 aromatic carbocycles. The summed E-state index contributed by atoms with van der Waals surface area (Å²) in [7, 11) is 0. The Morgan fingerprint density at radius 3 is 2.10 bits per heavy atom. The van der Waals surface area contributed by atoms with E-state index in [2.05, 4.69) is 5.32 Å². The van der Waals surface area contributed by atoms with Gasteiger partial charge in [-0.05, 0) is 66.9 Å². The maximum absolute atomic E-state index is 13.4. The molecule has 1 aliphatic rings. The van der Waals surface area contributed by atoms with Gasteiger partial charge < -0.3 is 5.32 Å². The summed E-state index contributed by atoms with van der Waals surface area (Å²) in [5, 5.41) is 3.74. The number of imide groups is 1. The van der Waals surface area contributed by atoms with E-state index in [4.69, 9.17) is 11.6 Å². The van der Waals surface area contributed by atoms with Gasteiger partial charge in [0.2, 0.25) is 0 Å². The maximum Gasteiger partial charge on any atom is 0.282 e. The number of carbonyl (C=O) groups excluding carboxylic acids is 2. The first-order chi connectivity index (χ1) is 13.9. The van der Waals surface area contributed by atoms with Crippen LogP contribution in [0.25, 0.3) is 5.57 Å². The Balaban J connectivity index is 1.83. The average Bonchev–Trinajstić information content (AvgIpc) is 2.92. The van der Waals surface area contributed by atoms with Gasteiger partial charge in [-0.3, -0.25) is 9.59 Å². The van der Waals surface area contributed by atoms with Crippen LogP contribution in [0.3, 0.4) is 0 Å². The molecule has 0 radical (unpaired) electrons. The fraction of sp³-hybridized carbons (Fsp3) is 0.0833. The van der Waals surface area contributed by atoms with Crippen molar-refractivity contribution in [1.29, 1.82) is 0 Å². The molecule has 3 aromatic rings. The minimum Gasteiger partial charge on any atom is -0.350 e. The number of halogens is 1. The lowest BCUT2D eigenvalue weighted by molar-refractivity contribution is -0.120. The van der Waals surface area contributed by atoms with E-state index in [-0.39, 0.29) is 17.5 Å². The molecule has 0 aliphatic carbocycles. The number of amides is 2. The molecule has 0 atom stereocenters. The van der Waals surface area contributed by atoms with E-state index < -0.39 is 0 Å². The van der Waals surface area contributed by atoms with Crippen molar-refractivity contribution in [1.82, 2.24) is 0 Å². The van der Waals surface area contributed by atoms with Crippen molar-refractivity contribution >= 4 is 40.4 Å². The monoisotopic (exact) mass is 402 g/mol. The van der Waals surface area contributed by atoms with Gasteiger partial charge in [-0.2, -0.15) is 0 Å². The summed E-state index contributed by atoms with van der Waals surface area (Å²) in [6.45, 7) is 3.90. The highest BCUT2D eigenvalue weighted by molar-refractivity contribution is 6.46. The van der Waals surface area contributed by atoms with E-state index in [1.54, 1.807) is 30.3 Å². The number of benzene rings is 3. The van der Waals surface area contributed by atoms with Gasteiger partial charge in [0.15, 0.2) is 0 Å². The van der Waals surface area contributed by atoms with Crippen molar-refractivity contribution in [3.8, 4) is 0 Å². The number of hydrogen-bond acceptors (Lipinski definition) is 3. The molecule has 0 aromatic heterocycles. The number of aryl methyl sites for hydroxylation is 2. The van der Waals surface area contributed by atoms with Crippen LogP contribution in [-0.2, 0) is 9.59 Å². The van der Waals surface area contributed by atoms with E-state index in [1.807, 2.05) is 56.3 Å². The summed E-state index contributed by atoms with van der Waals surface area (Å²) in [6, 6.07) is 21.9. The topological polar surface area (TPSA) is 49.4 Å². The molecule has 1 N–H and O–H groups in total. The Kier molecular flexibility index (Phi) is 4.95. The highest BCUT2D eigenvalue weighted by Gasteiger charge is 2.40. The van der Waals surface area contributed by atoms with Crippen LogP contribution in [0.5, 0.6) is 0 Å². The van der Waals surface area contributed by atoms with Crippen LogP contribution < -0.4 is 10.2 Å². The number of rotatable bonds is 4. The zero-order valence-corrected chi connectivity index (χ0v) is 16.8. The van der Waals surface area contributed by atoms with Crippen LogP contribution in [-0.4, -0.2) is 11.8 Å². The molecule has 29 heavy (non-hydrogen) atoms. The quantitative estimate of drug-likeness (QED) is 0.598. The summed E-state index contributed by atoms with van der Waals surface area (Å²) in [6.07, 6.45) is 0. The highest BCUT2D eigenvalue weighted by atomic mass is 35.5. The normalized spacial score (nSPS) is 14.0. The van der Waals surface area contributed by atoms with Crippen LogP contribution in [0, 0.1) is 13.8 Å². The van der Waals surface area contributed by atoms with Crippen molar-refractivity contribution in [2.24, 2.45) is 0 Å². The van der Waals surface area contributed by atoms with Gasteiger partial charge in [0, 0.05) is 10.7 Å². The third-order valence-electron chi connectivity index (χ3n) is 4.76. The second-order valence-corrected chi connectivity index (χ2v) is 7.47. The fourth-order valence-electron chi connectivity index (χ4n) is 3.40. The lowest BCUT2D eigenvalue weighted by Crippen LogP contribution is -2.32. The smallest absolute Gasteiger partial charge is 0.282 e. The molecule has 1 aliphatic heterocycles. The number of anilines is 2. The molecule has 0 fully saturated rings. The number of carbonyl (C=O) groups is 2. The number of hydrogen-bond donors (Lipinski definition) is 1. The van der Waals surface area contributed by atoms with E-state index in [1.165, 1.54) is 4.90 Å². The van der Waals surface area contributed by atoms with E-state index in [9.17, 15) is 9.59 Å². The summed E-state index contributed by atoms with van der Waals surface area (Å²) in [5.41, 5.74) is 4.54. The van der Waals surface area contributed by atoms with Gasteiger partial charge in [0.1, 0.15) is 5.70 Å². The largest absolute Gasteiger partial charge is 0.350 e. The van der Waals surface area contributed by atoms with Gasteiger partial charge in [-0.25, -0.2) is 4.90 Å². The summed E-state index contributed by atoms with van der Waals surface area (Å²) in [5.74, 6) is -0.745. The van der Waals surface area contributed by atoms with Crippen molar-refractivity contribution in [2.75, 3.05) is 10.2 Å². The predicted octanol–water partition coefficient (Wildman–Crippen LogP) is 5.35. The number of nitrogens with one attached hydrogen (secondary N) is 1. The molecule has 0 unspecified atom stereocenters. The van der Waals surface area contributed by atoms with Crippen molar-refractivity contribution in [3.05, 3.63) is 100 Å². The van der Waals surface area contributed by atoms with Gasteiger partial charge >= 0.3 is 0 Å².